The van der Waals surface area contributed by atoms with Gasteiger partial charge in [0.25, 0.3) is 0 Å². The van der Waals surface area contributed by atoms with E-state index in [1.54, 1.807) is 6.08 Å². The molecule has 0 amide bonds. The van der Waals surface area contributed by atoms with E-state index in [0.29, 0.717) is 0 Å². The van der Waals surface area contributed by atoms with Gasteiger partial charge in [-0.15, -0.1) is 0 Å². The van der Waals surface area contributed by atoms with Gasteiger partial charge in [-0.2, -0.15) is 0 Å². The molecule has 1 unspecified atom stereocenters. The average Bonchev–Trinajstić information content (AvgIpc) is 1.27. The SMILES string of the molecule is [CH2]C(O)C=C(C)C. The minimum Gasteiger partial charge on any atom is -0.389 e. The molecule has 1 nitrogen and oxygen atoms in total. The van der Waals surface area contributed by atoms with Gasteiger partial charge in [-0.25, -0.2) is 0 Å². The molecule has 0 fully saturated rings. The molecule has 0 aromatic carbocycles. The molecule has 0 rings (SSSR count). The Morgan fingerprint density at radius 3 is 2.14 bits per heavy atom. The van der Waals surface area contributed by atoms with Gasteiger partial charge < -0.3 is 5.11 Å². The predicted molar refractivity (Wildman–Crippen MR) is 30.8 cm³/mol. The van der Waals surface area contributed by atoms with Crippen molar-refractivity contribution in [3.8, 4) is 0 Å². The molecule has 0 spiro atoms. The van der Waals surface area contributed by atoms with Gasteiger partial charge in [0, 0.05) is 0 Å². The monoisotopic (exact) mass is 99.1 g/mol. The van der Waals surface area contributed by atoms with Crippen molar-refractivity contribution in [1.29, 1.82) is 0 Å². The van der Waals surface area contributed by atoms with E-state index in [4.69, 9.17) is 5.11 Å². The molecule has 0 aromatic heterocycles. The molecule has 0 heterocycles. The minimum absolute atomic E-state index is 0.537. The summed E-state index contributed by atoms with van der Waals surface area (Å²) in [5.41, 5.74) is 1.10. The number of aliphatic hydroxyl groups excluding tert-OH is 1. The first-order valence-electron chi connectivity index (χ1n) is 2.29. The Bertz CT molecular complexity index is 68.2. The lowest BCUT2D eigenvalue weighted by Crippen LogP contribution is -1.93. The average molecular weight is 99.2 g/mol. The Hall–Kier alpha value is -0.300. The number of rotatable bonds is 1. The summed E-state index contributed by atoms with van der Waals surface area (Å²) >= 11 is 0. The maximum absolute atomic E-state index is 8.54. The lowest BCUT2D eigenvalue weighted by atomic mass is 10.2. The summed E-state index contributed by atoms with van der Waals surface area (Å²) in [7, 11) is 0. The molecular formula is C6H11O. The van der Waals surface area contributed by atoms with Crippen LogP contribution in [-0.4, -0.2) is 11.2 Å². The van der Waals surface area contributed by atoms with Crippen LogP contribution in [0, 0.1) is 6.92 Å². The number of allylic oxidation sites excluding steroid dienone is 1. The van der Waals surface area contributed by atoms with Crippen LogP contribution in [0.3, 0.4) is 0 Å². The standard InChI is InChI=1S/C6H11O/c1-5(2)4-6(3)7/h4,6-7H,3H2,1-2H3. The van der Waals surface area contributed by atoms with E-state index in [-0.39, 0.29) is 0 Å². The van der Waals surface area contributed by atoms with Crippen LogP contribution in [0.25, 0.3) is 0 Å². The van der Waals surface area contributed by atoms with E-state index in [9.17, 15) is 0 Å². The number of hydrogen-bond donors (Lipinski definition) is 1. The van der Waals surface area contributed by atoms with Gasteiger partial charge in [0.1, 0.15) is 0 Å². The van der Waals surface area contributed by atoms with Gasteiger partial charge in [0.15, 0.2) is 0 Å². The zero-order valence-corrected chi connectivity index (χ0v) is 4.81. The van der Waals surface area contributed by atoms with Crippen molar-refractivity contribution in [2.45, 2.75) is 20.0 Å². The Kier molecular flexibility index (Phi) is 2.68. The Morgan fingerprint density at radius 2 is 2.14 bits per heavy atom. The van der Waals surface area contributed by atoms with Crippen LogP contribution in [0.1, 0.15) is 13.8 Å². The van der Waals surface area contributed by atoms with Crippen molar-refractivity contribution >= 4 is 0 Å². The molecule has 1 N–H and O–H groups in total. The smallest absolute Gasteiger partial charge is 0.0724 e. The first kappa shape index (κ1) is 6.70. The summed E-state index contributed by atoms with van der Waals surface area (Å²) in [5, 5.41) is 8.54. The van der Waals surface area contributed by atoms with Crippen molar-refractivity contribution in [3.05, 3.63) is 18.6 Å². The van der Waals surface area contributed by atoms with Crippen molar-refractivity contribution < 1.29 is 5.11 Å². The molecule has 1 heteroatoms. The predicted octanol–water partition coefficient (Wildman–Crippen LogP) is 1.15. The summed E-state index contributed by atoms with van der Waals surface area (Å²) in [4.78, 5) is 0. The summed E-state index contributed by atoms with van der Waals surface area (Å²) in [5.74, 6) is 0. The van der Waals surface area contributed by atoms with Crippen LogP contribution in [0.5, 0.6) is 0 Å². The van der Waals surface area contributed by atoms with E-state index < -0.39 is 6.10 Å². The van der Waals surface area contributed by atoms with Crippen LogP contribution < -0.4 is 0 Å². The van der Waals surface area contributed by atoms with Crippen LogP contribution >= 0.6 is 0 Å². The fraction of sp³-hybridized carbons (Fsp3) is 0.500. The third-order valence-electron chi connectivity index (χ3n) is 0.526. The molecule has 0 bridgehead atoms. The molecule has 0 saturated heterocycles. The van der Waals surface area contributed by atoms with E-state index in [2.05, 4.69) is 6.92 Å². The Labute approximate surface area is 44.7 Å². The zero-order chi connectivity index (χ0) is 5.86. The quantitative estimate of drug-likeness (QED) is 0.489. The van der Waals surface area contributed by atoms with Crippen molar-refractivity contribution in [1.82, 2.24) is 0 Å². The van der Waals surface area contributed by atoms with Crippen LogP contribution in [-0.2, 0) is 0 Å². The Balaban J connectivity index is 3.45. The number of aliphatic hydroxyl groups is 1. The highest BCUT2D eigenvalue weighted by Crippen LogP contribution is 1.90. The molecule has 1 atom stereocenters. The second kappa shape index (κ2) is 2.80. The van der Waals surface area contributed by atoms with Gasteiger partial charge in [-0.05, 0) is 20.8 Å². The molecule has 0 aromatic rings. The number of hydrogen-bond acceptors (Lipinski definition) is 1. The highest BCUT2D eigenvalue weighted by molar-refractivity contribution is 4.98. The van der Waals surface area contributed by atoms with Crippen molar-refractivity contribution in [2.24, 2.45) is 0 Å². The van der Waals surface area contributed by atoms with E-state index in [1.165, 1.54) is 0 Å². The van der Waals surface area contributed by atoms with Gasteiger partial charge >= 0.3 is 0 Å². The molecule has 0 aliphatic rings. The maximum atomic E-state index is 8.54. The Morgan fingerprint density at radius 1 is 1.71 bits per heavy atom. The summed E-state index contributed by atoms with van der Waals surface area (Å²) in [6.07, 6.45) is 1.16. The van der Waals surface area contributed by atoms with Gasteiger partial charge in [-0.1, -0.05) is 11.6 Å². The first-order valence-corrected chi connectivity index (χ1v) is 2.29. The lowest BCUT2D eigenvalue weighted by molar-refractivity contribution is 0.268. The van der Waals surface area contributed by atoms with Crippen LogP contribution in [0.4, 0.5) is 0 Å². The third kappa shape index (κ3) is 5.70. The molecule has 7 heavy (non-hydrogen) atoms. The molecule has 1 radical (unpaired) electrons. The zero-order valence-electron chi connectivity index (χ0n) is 4.81. The summed E-state index contributed by atoms with van der Waals surface area (Å²) in [6.45, 7) is 7.21. The highest BCUT2D eigenvalue weighted by atomic mass is 16.3. The van der Waals surface area contributed by atoms with E-state index in [0.717, 1.165) is 5.57 Å². The van der Waals surface area contributed by atoms with E-state index in [1.807, 2.05) is 13.8 Å². The summed E-state index contributed by atoms with van der Waals surface area (Å²) in [6, 6.07) is 0. The molecule has 0 aliphatic heterocycles. The maximum Gasteiger partial charge on any atom is 0.0724 e. The molecular weight excluding hydrogens is 88.1 g/mol. The molecule has 0 saturated carbocycles. The third-order valence-corrected chi connectivity index (χ3v) is 0.526. The lowest BCUT2D eigenvalue weighted by Gasteiger charge is -1.92. The van der Waals surface area contributed by atoms with Gasteiger partial charge in [0.05, 0.1) is 6.10 Å². The fourth-order valence-corrected chi connectivity index (χ4v) is 0.385. The topological polar surface area (TPSA) is 20.2 Å². The van der Waals surface area contributed by atoms with Crippen molar-refractivity contribution in [3.63, 3.8) is 0 Å². The molecule has 0 aliphatic carbocycles. The first-order chi connectivity index (χ1) is 3.13. The summed E-state index contributed by atoms with van der Waals surface area (Å²) < 4.78 is 0. The normalized spacial score (nSPS) is 13.1. The van der Waals surface area contributed by atoms with Crippen molar-refractivity contribution in [2.75, 3.05) is 0 Å². The minimum atomic E-state index is -0.537. The van der Waals surface area contributed by atoms with Crippen LogP contribution in [0.2, 0.25) is 0 Å². The van der Waals surface area contributed by atoms with Crippen LogP contribution in [0.15, 0.2) is 11.6 Å². The van der Waals surface area contributed by atoms with Gasteiger partial charge in [0.2, 0.25) is 0 Å². The molecule has 41 valence electrons. The second-order valence-electron chi connectivity index (χ2n) is 1.81. The fourth-order valence-electron chi connectivity index (χ4n) is 0.385. The highest BCUT2D eigenvalue weighted by Gasteiger charge is 1.84. The van der Waals surface area contributed by atoms with E-state index >= 15 is 0 Å². The largest absolute Gasteiger partial charge is 0.389 e. The van der Waals surface area contributed by atoms with Gasteiger partial charge in [-0.3, -0.25) is 0 Å². The second-order valence-corrected chi connectivity index (χ2v) is 1.81.